The lowest BCUT2D eigenvalue weighted by atomic mass is 10.0. The van der Waals surface area contributed by atoms with Crippen LogP contribution in [0.4, 0.5) is 26.0 Å². The summed E-state index contributed by atoms with van der Waals surface area (Å²) in [5.74, 6) is -0.734. The van der Waals surface area contributed by atoms with Crippen LogP contribution in [0.1, 0.15) is 51.9 Å². The van der Waals surface area contributed by atoms with E-state index in [0.29, 0.717) is 17.0 Å². The highest BCUT2D eigenvalue weighted by atomic mass is 19.1. The number of nitrogens with zero attached hydrogens (tertiary/aromatic N) is 3. The third-order valence-electron chi connectivity index (χ3n) is 4.55. The molecule has 8 nitrogen and oxygen atoms in total. The lowest BCUT2D eigenvalue weighted by molar-refractivity contribution is -0.00177. The molecule has 33 heavy (non-hydrogen) atoms. The van der Waals surface area contributed by atoms with E-state index in [1.807, 2.05) is 27.7 Å². The number of nitrogens with one attached hydrogen (secondary N) is 3. The lowest BCUT2D eigenvalue weighted by Gasteiger charge is -2.23. The summed E-state index contributed by atoms with van der Waals surface area (Å²) >= 11 is 0. The zero-order chi connectivity index (χ0) is 24.8. The van der Waals surface area contributed by atoms with Gasteiger partial charge in [-0.15, -0.1) is 0 Å². The number of fused-ring (bicyclic) bond motifs is 1. The first-order chi connectivity index (χ1) is 15.5. The van der Waals surface area contributed by atoms with E-state index < -0.39 is 23.5 Å². The molecule has 1 atom stereocenters. The summed E-state index contributed by atoms with van der Waals surface area (Å²) in [6.07, 6.45) is 2.51. The largest absolute Gasteiger partial charge is 0.387 e. The van der Waals surface area contributed by atoms with Gasteiger partial charge in [0.1, 0.15) is 12.0 Å². The number of carbonyl (C=O) groups excluding carboxylic acids is 1. The highest BCUT2D eigenvalue weighted by Gasteiger charge is 2.27. The van der Waals surface area contributed by atoms with Gasteiger partial charge in [-0.25, -0.2) is 18.3 Å². The van der Waals surface area contributed by atoms with Gasteiger partial charge in [0, 0.05) is 24.5 Å². The molecule has 3 heterocycles. The summed E-state index contributed by atoms with van der Waals surface area (Å²) in [7, 11) is 0. The van der Waals surface area contributed by atoms with Crippen molar-refractivity contribution >= 4 is 28.6 Å². The number of amides is 1. The molecule has 180 valence electrons. The van der Waals surface area contributed by atoms with Crippen LogP contribution in [0.3, 0.4) is 0 Å². The molecule has 1 amide bonds. The molecular formula is C23H32F2N6O2. The number of hydrogen-bond donors (Lipinski definition) is 4. The minimum atomic E-state index is -1.63. The first-order valence-electron chi connectivity index (χ1n) is 10.9. The van der Waals surface area contributed by atoms with E-state index in [0.717, 1.165) is 0 Å². The Morgan fingerprint density at radius 3 is 2.58 bits per heavy atom. The van der Waals surface area contributed by atoms with Gasteiger partial charge in [0.25, 0.3) is 5.91 Å². The number of aliphatic hydroxyl groups is 1. The number of pyridine rings is 2. The molecule has 0 aliphatic rings. The molecule has 0 fully saturated rings. The van der Waals surface area contributed by atoms with Crippen LogP contribution in [0.2, 0.25) is 0 Å². The number of anilines is 3. The van der Waals surface area contributed by atoms with Crippen molar-refractivity contribution in [2.24, 2.45) is 0 Å². The zero-order valence-corrected chi connectivity index (χ0v) is 19.8. The van der Waals surface area contributed by atoms with Gasteiger partial charge in [0.2, 0.25) is 0 Å². The average molecular weight is 463 g/mol. The molecule has 0 radical (unpaired) electrons. The van der Waals surface area contributed by atoms with Gasteiger partial charge < -0.3 is 21.1 Å². The molecule has 1 unspecified atom stereocenters. The summed E-state index contributed by atoms with van der Waals surface area (Å²) in [6.45, 7) is 10.1. The molecule has 10 heteroatoms. The van der Waals surface area contributed by atoms with Crippen LogP contribution < -0.4 is 16.0 Å². The average Bonchev–Trinajstić information content (AvgIpc) is 3.19. The molecule has 3 aromatic rings. The van der Waals surface area contributed by atoms with Crippen molar-refractivity contribution in [3.8, 4) is 0 Å². The van der Waals surface area contributed by atoms with Gasteiger partial charge in [0.15, 0.2) is 5.82 Å². The molecule has 4 N–H and O–H groups in total. The van der Waals surface area contributed by atoms with E-state index in [2.05, 4.69) is 26.0 Å². The summed E-state index contributed by atoms with van der Waals surface area (Å²) in [4.78, 5) is 16.8. The standard InChI is InChI=1S/C21H26F2N6O2.C2H6/c1-12(2)27-16-8-19(28-17-7-13-5-6-26-29(13)11-15(17)22)24-9-14(16)20(30)25-10-18(23)21(3,4)31;1-2/h5-9,11-12,18,31H,10H2,1-4H3,(H,25,30)(H2,24,27,28);1-2H3. The van der Waals surface area contributed by atoms with Crippen molar-refractivity contribution in [2.75, 3.05) is 17.2 Å². The van der Waals surface area contributed by atoms with Crippen molar-refractivity contribution in [1.29, 1.82) is 0 Å². The van der Waals surface area contributed by atoms with Crippen LogP contribution in [0.15, 0.2) is 36.8 Å². The molecule has 0 saturated carbocycles. The smallest absolute Gasteiger partial charge is 0.255 e. The first-order valence-corrected chi connectivity index (χ1v) is 10.9. The molecule has 0 aliphatic carbocycles. The number of hydrogen-bond acceptors (Lipinski definition) is 6. The van der Waals surface area contributed by atoms with Crippen LogP contribution in [0.5, 0.6) is 0 Å². The second kappa shape index (κ2) is 11.0. The maximum Gasteiger partial charge on any atom is 0.255 e. The Kier molecular flexibility index (Phi) is 8.69. The summed E-state index contributed by atoms with van der Waals surface area (Å²) < 4.78 is 29.8. The highest BCUT2D eigenvalue weighted by molar-refractivity contribution is 5.99. The molecular weight excluding hydrogens is 430 g/mol. The molecule has 0 saturated heterocycles. The maximum atomic E-state index is 14.4. The fourth-order valence-electron chi connectivity index (χ4n) is 2.84. The van der Waals surface area contributed by atoms with Gasteiger partial charge in [-0.05, 0) is 39.8 Å². The monoisotopic (exact) mass is 462 g/mol. The van der Waals surface area contributed by atoms with Crippen LogP contribution >= 0.6 is 0 Å². The van der Waals surface area contributed by atoms with Gasteiger partial charge in [-0.2, -0.15) is 5.10 Å². The Hall–Kier alpha value is -3.27. The fourth-order valence-corrected chi connectivity index (χ4v) is 2.84. The minimum Gasteiger partial charge on any atom is -0.387 e. The topological polar surface area (TPSA) is 104 Å². The molecule has 0 aromatic carbocycles. The number of alkyl halides is 1. The second-order valence-corrected chi connectivity index (χ2v) is 8.11. The Morgan fingerprint density at radius 1 is 1.24 bits per heavy atom. The minimum absolute atomic E-state index is 0.00743. The van der Waals surface area contributed by atoms with Crippen LogP contribution in [-0.2, 0) is 0 Å². The SMILES string of the molecule is CC.CC(C)Nc1cc(Nc2cc3ccnn3cc2F)ncc1C(=O)NCC(F)C(C)(C)O. The molecule has 0 spiro atoms. The third-order valence-corrected chi connectivity index (χ3v) is 4.55. The third kappa shape index (κ3) is 6.85. The Bertz CT molecular complexity index is 1080. The number of aromatic nitrogens is 3. The lowest BCUT2D eigenvalue weighted by Crippen LogP contribution is -2.42. The molecule has 3 aromatic heterocycles. The quantitative estimate of drug-likeness (QED) is 0.398. The van der Waals surface area contributed by atoms with E-state index in [4.69, 9.17) is 0 Å². The van der Waals surface area contributed by atoms with Gasteiger partial charge in [-0.1, -0.05) is 13.8 Å². The van der Waals surface area contributed by atoms with Crippen molar-refractivity contribution in [2.45, 2.75) is 59.4 Å². The predicted molar refractivity (Wildman–Crippen MR) is 126 cm³/mol. The van der Waals surface area contributed by atoms with Crippen LogP contribution in [-0.4, -0.2) is 50.0 Å². The van der Waals surface area contributed by atoms with E-state index in [1.54, 1.807) is 24.4 Å². The Morgan fingerprint density at radius 2 is 1.94 bits per heavy atom. The van der Waals surface area contributed by atoms with Crippen LogP contribution in [0, 0.1) is 5.82 Å². The second-order valence-electron chi connectivity index (χ2n) is 8.11. The number of carbonyl (C=O) groups is 1. The Balaban J connectivity index is 0.00000187. The number of halogens is 2. The summed E-state index contributed by atoms with van der Waals surface area (Å²) in [6, 6.07) is 4.91. The molecule has 0 aliphatic heterocycles. The maximum absolute atomic E-state index is 14.4. The van der Waals surface area contributed by atoms with Crippen molar-refractivity contribution in [3.05, 3.63) is 48.2 Å². The Labute approximate surface area is 192 Å². The van der Waals surface area contributed by atoms with Crippen LogP contribution in [0.25, 0.3) is 5.52 Å². The van der Waals surface area contributed by atoms with Gasteiger partial charge in [-0.3, -0.25) is 4.79 Å². The first kappa shape index (κ1) is 26.0. The zero-order valence-electron chi connectivity index (χ0n) is 19.8. The predicted octanol–water partition coefficient (Wildman–Crippen LogP) is 4.30. The molecule has 3 rings (SSSR count). The van der Waals surface area contributed by atoms with E-state index in [9.17, 15) is 18.7 Å². The van der Waals surface area contributed by atoms with Crippen molar-refractivity contribution in [3.63, 3.8) is 0 Å². The van der Waals surface area contributed by atoms with Crippen molar-refractivity contribution < 1.29 is 18.7 Å². The molecule has 0 bridgehead atoms. The van der Waals surface area contributed by atoms with Gasteiger partial charge in [0.05, 0.1) is 40.8 Å². The summed E-state index contributed by atoms with van der Waals surface area (Å²) in [5.41, 5.74) is -0.00555. The van der Waals surface area contributed by atoms with E-state index in [-0.39, 0.29) is 23.8 Å². The number of rotatable bonds is 8. The normalized spacial score (nSPS) is 12.2. The van der Waals surface area contributed by atoms with E-state index in [1.165, 1.54) is 30.8 Å². The highest BCUT2D eigenvalue weighted by Crippen LogP contribution is 2.25. The summed E-state index contributed by atoms with van der Waals surface area (Å²) in [5, 5.41) is 22.2. The van der Waals surface area contributed by atoms with Gasteiger partial charge >= 0.3 is 0 Å². The van der Waals surface area contributed by atoms with E-state index >= 15 is 0 Å². The van der Waals surface area contributed by atoms with Crippen molar-refractivity contribution in [1.82, 2.24) is 19.9 Å². The fraction of sp³-hybridized carbons (Fsp3) is 0.435.